The van der Waals surface area contributed by atoms with Crippen LogP contribution < -0.4 is 5.32 Å². The zero-order chi connectivity index (χ0) is 11.1. The average Bonchev–Trinajstić information content (AvgIpc) is 2.83. The average molecular weight is 220 g/mol. The maximum atomic E-state index is 5.35. The minimum atomic E-state index is 0.786. The number of ether oxygens (including phenoxy) is 1. The second-order valence-electron chi connectivity index (χ2n) is 4.37. The van der Waals surface area contributed by atoms with Crippen molar-refractivity contribution >= 4 is 0 Å². The predicted molar refractivity (Wildman–Crippen MR) is 64.4 cm³/mol. The van der Waals surface area contributed by atoms with Crippen molar-refractivity contribution in [3.63, 3.8) is 0 Å². The van der Waals surface area contributed by atoms with E-state index in [0.717, 1.165) is 38.6 Å². The zero-order valence-electron chi connectivity index (χ0n) is 9.69. The van der Waals surface area contributed by atoms with Crippen LogP contribution in [0.25, 0.3) is 0 Å². The minimum Gasteiger partial charge on any atom is -0.381 e. The highest BCUT2D eigenvalue weighted by molar-refractivity contribution is 5.09. The van der Waals surface area contributed by atoms with Crippen molar-refractivity contribution < 1.29 is 4.74 Å². The summed E-state index contributed by atoms with van der Waals surface area (Å²) >= 11 is 0. The second-order valence-corrected chi connectivity index (χ2v) is 4.37. The Morgan fingerprint density at radius 3 is 2.94 bits per heavy atom. The molecule has 16 heavy (non-hydrogen) atoms. The van der Waals surface area contributed by atoms with Gasteiger partial charge in [0.25, 0.3) is 0 Å². The van der Waals surface area contributed by atoms with E-state index in [1.54, 1.807) is 0 Å². The molecule has 0 spiro atoms. The molecule has 0 bridgehead atoms. The van der Waals surface area contributed by atoms with E-state index < -0.39 is 0 Å². The van der Waals surface area contributed by atoms with Crippen molar-refractivity contribution in [2.24, 2.45) is 5.92 Å². The van der Waals surface area contributed by atoms with Gasteiger partial charge in [-0.05, 0) is 56.0 Å². The summed E-state index contributed by atoms with van der Waals surface area (Å²) in [6.45, 7) is 4.09. The Labute approximate surface area is 97.2 Å². The van der Waals surface area contributed by atoms with Gasteiger partial charge in [0.15, 0.2) is 0 Å². The van der Waals surface area contributed by atoms with Crippen LogP contribution in [-0.2, 0) is 11.2 Å². The van der Waals surface area contributed by atoms with Crippen LogP contribution in [-0.4, -0.2) is 31.3 Å². The Morgan fingerprint density at radius 1 is 1.31 bits per heavy atom. The Balaban J connectivity index is 1.52. The molecule has 0 saturated carbocycles. The summed E-state index contributed by atoms with van der Waals surface area (Å²) in [5.74, 6) is 0.786. The first-order valence-electron chi connectivity index (χ1n) is 6.12. The summed E-state index contributed by atoms with van der Waals surface area (Å²) in [6, 6.07) is 4.15. The molecule has 1 saturated heterocycles. The van der Waals surface area contributed by atoms with Crippen LogP contribution in [0.3, 0.4) is 0 Å². The molecule has 0 radical (unpaired) electrons. The molecule has 2 heterocycles. The standard InChI is InChI=1S/C13H20N2O/c1-6-14-7-2-12(1)3-8-15-9-4-13-5-10-16-11-13/h1-2,6-7,13,15H,3-5,8-11H2. The highest BCUT2D eigenvalue weighted by Crippen LogP contribution is 2.14. The van der Waals surface area contributed by atoms with E-state index in [-0.39, 0.29) is 0 Å². The molecule has 3 nitrogen and oxygen atoms in total. The summed E-state index contributed by atoms with van der Waals surface area (Å²) in [7, 11) is 0. The van der Waals surface area contributed by atoms with E-state index >= 15 is 0 Å². The molecule has 3 heteroatoms. The number of pyridine rings is 1. The van der Waals surface area contributed by atoms with Gasteiger partial charge in [-0.25, -0.2) is 0 Å². The third-order valence-corrected chi connectivity index (χ3v) is 3.09. The van der Waals surface area contributed by atoms with E-state index in [9.17, 15) is 0 Å². The first-order chi connectivity index (χ1) is 7.95. The fourth-order valence-corrected chi connectivity index (χ4v) is 2.02. The van der Waals surface area contributed by atoms with Crippen LogP contribution in [0.5, 0.6) is 0 Å². The first-order valence-corrected chi connectivity index (χ1v) is 6.12. The number of rotatable bonds is 6. The number of aromatic nitrogens is 1. The maximum absolute atomic E-state index is 5.35. The van der Waals surface area contributed by atoms with Crippen LogP contribution >= 0.6 is 0 Å². The van der Waals surface area contributed by atoms with Crippen molar-refractivity contribution in [1.29, 1.82) is 0 Å². The molecule has 1 fully saturated rings. The summed E-state index contributed by atoms with van der Waals surface area (Å²) in [5, 5.41) is 3.48. The predicted octanol–water partition coefficient (Wildman–Crippen LogP) is 1.64. The molecule has 2 rings (SSSR count). The molecule has 1 atom stereocenters. The van der Waals surface area contributed by atoms with Gasteiger partial charge in [0.05, 0.1) is 0 Å². The van der Waals surface area contributed by atoms with Crippen LogP contribution in [0.1, 0.15) is 18.4 Å². The maximum Gasteiger partial charge on any atom is 0.0495 e. The molecular weight excluding hydrogens is 200 g/mol. The number of nitrogens with one attached hydrogen (secondary N) is 1. The van der Waals surface area contributed by atoms with Crippen LogP contribution in [0.2, 0.25) is 0 Å². The molecule has 0 aromatic carbocycles. The fraction of sp³-hybridized carbons (Fsp3) is 0.615. The number of hydrogen-bond donors (Lipinski definition) is 1. The molecule has 1 aliphatic heterocycles. The number of nitrogens with zero attached hydrogens (tertiary/aromatic N) is 1. The van der Waals surface area contributed by atoms with Gasteiger partial charge in [-0.2, -0.15) is 0 Å². The Bertz CT molecular complexity index is 283. The number of hydrogen-bond acceptors (Lipinski definition) is 3. The summed E-state index contributed by atoms with van der Waals surface area (Å²) in [4.78, 5) is 4.01. The fourth-order valence-electron chi connectivity index (χ4n) is 2.02. The third kappa shape index (κ3) is 3.91. The van der Waals surface area contributed by atoms with Crippen LogP contribution in [0, 0.1) is 5.92 Å². The first kappa shape index (κ1) is 11.6. The van der Waals surface area contributed by atoms with E-state index in [1.807, 2.05) is 12.4 Å². The lowest BCUT2D eigenvalue weighted by Crippen LogP contribution is -2.21. The summed E-state index contributed by atoms with van der Waals surface area (Å²) in [6.07, 6.45) is 7.28. The smallest absolute Gasteiger partial charge is 0.0495 e. The molecule has 1 aromatic heterocycles. The van der Waals surface area contributed by atoms with Crippen molar-refractivity contribution in [1.82, 2.24) is 10.3 Å². The highest BCUT2D eigenvalue weighted by Gasteiger charge is 2.14. The topological polar surface area (TPSA) is 34.1 Å². The lowest BCUT2D eigenvalue weighted by Gasteiger charge is -2.08. The monoisotopic (exact) mass is 220 g/mol. The van der Waals surface area contributed by atoms with Crippen LogP contribution in [0.4, 0.5) is 0 Å². The van der Waals surface area contributed by atoms with Crippen molar-refractivity contribution in [2.45, 2.75) is 19.3 Å². The normalized spacial score (nSPS) is 20.1. The van der Waals surface area contributed by atoms with E-state index in [1.165, 1.54) is 18.4 Å². The van der Waals surface area contributed by atoms with Crippen molar-refractivity contribution in [2.75, 3.05) is 26.3 Å². The Kier molecular flexibility index (Phi) is 4.77. The molecule has 1 aliphatic rings. The van der Waals surface area contributed by atoms with Gasteiger partial charge in [-0.15, -0.1) is 0 Å². The molecule has 0 amide bonds. The minimum absolute atomic E-state index is 0.786. The zero-order valence-corrected chi connectivity index (χ0v) is 9.69. The molecule has 0 aliphatic carbocycles. The largest absolute Gasteiger partial charge is 0.381 e. The van der Waals surface area contributed by atoms with Crippen molar-refractivity contribution in [3.05, 3.63) is 30.1 Å². The van der Waals surface area contributed by atoms with E-state index in [4.69, 9.17) is 4.74 Å². The highest BCUT2D eigenvalue weighted by atomic mass is 16.5. The Hall–Kier alpha value is -0.930. The van der Waals surface area contributed by atoms with Crippen LogP contribution in [0.15, 0.2) is 24.5 Å². The molecule has 1 unspecified atom stereocenters. The lowest BCUT2D eigenvalue weighted by molar-refractivity contribution is 0.184. The van der Waals surface area contributed by atoms with Gasteiger partial charge in [-0.1, -0.05) is 0 Å². The molecule has 1 N–H and O–H groups in total. The molecule has 1 aromatic rings. The quantitative estimate of drug-likeness (QED) is 0.740. The Morgan fingerprint density at radius 2 is 2.19 bits per heavy atom. The van der Waals surface area contributed by atoms with Gasteiger partial charge in [0, 0.05) is 25.6 Å². The van der Waals surface area contributed by atoms with Gasteiger partial charge in [0.2, 0.25) is 0 Å². The van der Waals surface area contributed by atoms with Crippen molar-refractivity contribution in [3.8, 4) is 0 Å². The van der Waals surface area contributed by atoms with E-state index in [0.29, 0.717) is 0 Å². The summed E-state index contributed by atoms with van der Waals surface area (Å²) in [5.41, 5.74) is 1.35. The van der Waals surface area contributed by atoms with Gasteiger partial charge < -0.3 is 10.1 Å². The summed E-state index contributed by atoms with van der Waals surface area (Å²) < 4.78 is 5.35. The van der Waals surface area contributed by atoms with E-state index in [2.05, 4.69) is 22.4 Å². The van der Waals surface area contributed by atoms with Gasteiger partial charge >= 0.3 is 0 Å². The van der Waals surface area contributed by atoms with Gasteiger partial charge in [0.1, 0.15) is 0 Å². The lowest BCUT2D eigenvalue weighted by atomic mass is 10.1. The SMILES string of the molecule is c1cc(CCNCCC2CCOC2)ccn1. The third-order valence-electron chi connectivity index (χ3n) is 3.09. The molecule has 88 valence electrons. The second kappa shape index (κ2) is 6.61. The molecular formula is C13H20N2O. The van der Waals surface area contributed by atoms with Gasteiger partial charge in [-0.3, -0.25) is 4.98 Å².